The molecule has 1 aliphatic rings. The van der Waals surface area contributed by atoms with E-state index in [1.54, 1.807) is 14.0 Å². The maximum atomic E-state index is 13.4. The molecule has 196 valence electrons. The van der Waals surface area contributed by atoms with E-state index in [4.69, 9.17) is 9.47 Å². The van der Waals surface area contributed by atoms with Gasteiger partial charge in [-0.2, -0.15) is 0 Å². The molecule has 9 nitrogen and oxygen atoms in total. The summed E-state index contributed by atoms with van der Waals surface area (Å²) in [6.07, 6.45) is 3.98. The maximum Gasteiger partial charge on any atom is 0.243 e. The monoisotopic (exact) mass is 491 g/mol. The van der Waals surface area contributed by atoms with Gasteiger partial charge in [-0.1, -0.05) is 32.9 Å². The summed E-state index contributed by atoms with van der Waals surface area (Å²) in [5.41, 5.74) is 0.548. The summed E-state index contributed by atoms with van der Waals surface area (Å²) in [6, 6.07) is 6.17. The Morgan fingerprint density at radius 3 is 2.49 bits per heavy atom. The average Bonchev–Trinajstić information content (AvgIpc) is 3.36. The molecule has 2 unspecified atom stereocenters. The standard InChI is InChI=1S/C26H41N3O6/c1-18(29(33)17-30)22(10-6-8-19-11-13-20(34-5)14-12-19)24(31)28-23(26(2,3)4)25(32)27-16-21-9-7-15-35-21/h11-14,17-18,21-23,33H,6-10,15-16H2,1-5H3,(H,27,32)(H,28,31)/t18-,21?,22?,23+/m0/s1. The highest BCUT2D eigenvalue weighted by Gasteiger charge is 2.37. The molecule has 1 saturated heterocycles. The quantitative estimate of drug-likeness (QED) is 0.222. The van der Waals surface area contributed by atoms with Gasteiger partial charge in [0.2, 0.25) is 18.2 Å². The molecule has 9 heteroatoms. The van der Waals surface area contributed by atoms with E-state index in [1.165, 1.54) is 0 Å². The average molecular weight is 492 g/mol. The fraction of sp³-hybridized carbons (Fsp3) is 0.654. The molecule has 0 saturated carbocycles. The number of carbonyl (C=O) groups is 3. The van der Waals surface area contributed by atoms with Gasteiger partial charge in [0.15, 0.2) is 0 Å². The summed E-state index contributed by atoms with van der Waals surface area (Å²) in [4.78, 5) is 37.6. The molecule has 3 amide bonds. The van der Waals surface area contributed by atoms with Crippen molar-refractivity contribution in [3.05, 3.63) is 29.8 Å². The van der Waals surface area contributed by atoms with Crippen LogP contribution in [-0.2, 0) is 25.5 Å². The van der Waals surface area contributed by atoms with Crippen LogP contribution in [0.25, 0.3) is 0 Å². The molecule has 2 rings (SSSR count). The van der Waals surface area contributed by atoms with Crippen LogP contribution in [0.3, 0.4) is 0 Å². The Labute approximate surface area is 208 Å². The number of methoxy groups -OCH3 is 1. The fourth-order valence-corrected chi connectivity index (χ4v) is 4.24. The molecule has 0 radical (unpaired) electrons. The second-order valence-electron chi connectivity index (χ2n) is 10.3. The first-order chi connectivity index (χ1) is 16.6. The van der Waals surface area contributed by atoms with Crippen molar-refractivity contribution in [1.29, 1.82) is 0 Å². The number of benzene rings is 1. The van der Waals surface area contributed by atoms with Crippen LogP contribution >= 0.6 is 0 Å². The van der Waals surface area contributed by atoms with E-state index in [1.807, 2.05) is 45.0 Å². The fourth-order valence-electron chi connectivity index (χ4n) is 4.24. The number of hydrogen-bond acceptors (Lipinski definition) is 6. The van der Waals surface area contributed by atoms with Gasteiger partial charge in [-0.15, -0.1) is 0 Å². The lowest BCUT2D eigenvalue weighted by molar-refractivity contribution is -0.166. The van der Waals surface area contributed by atoms with E-state index in [0.717, 1.165) is 30.6 Å². The minimum absolute atomic E-state index is 0.00321. The number of amides is 3. The summed E-state index contributed by atoms with van der Waals surface area (Å²) < 4.78 is 10.8. The summed E-state index contributed by atoms with van der Waals surface area (Å²) in [7, 11) is 1.61. The summed E-state index contributed by atoms with van der Waals surface area (Å²) in [5.74, 6) is -0.575. The molecular formula is C26H41N3O6. The van der Waals surface area contributed by atoms with Crippen LogP contribution in [0.2, 0.25) is 0 Å². The zero-order valence-electron chi connectivity index (χ0n) is 21.6. The smallest absolute Gasteiger partial charge is 0.243 e. The van der Waals surface area contributed by atoms with E-state index in [2.05, 4.69) is 10.6 Å². The zero-order valence-corrected chi connectivity index (χ0v) is 21.6. The van der Waals surface area contributed by atoms with Gasteiger partial charge < -0.3 is 20.1 Å². The zero-order chi connectivity index (χ0) is 26.0. The highest BCUT2D eigenvalue weighted by atomic mass is 16.5. The number of rotatable bonds is 13. The molecule has 1 aliphatic heterocycles. The predicted octanol–water partition coefficient (Wildman–Crippen LogP) is 2.70. The Bertz CT molecular complexity index is 817. The third kappa shape index (κ3) is 8.81. The first kappa shape index (κ1) is 28.6. The van der Waals surface area contributed by atoms with E-state index in [0.29, 0.717) is 37.5 Å². The molecule has 1 fully saturated rings. The second-order valence-corrected chi connectivity index (χ2v) is 10.3. The van der Waals surface area contributed by atoms with Crippen molar-refractivity contribution in [3.8, 4) is 5.75 Å². The molecule has 3 N–H and O–H groups in total. The minimum atomic E-state index is -0.781. The van der Waals surface area contributed by atoms with Crippen molar-refractivity contribution in [2.24, 2.45) is 11.3 Å². The number of hydrogen-bond donors (Lipinski definition) is 3. The Hall–Kier alpha value is -2.65. The SMILES string of the molecule is COc1ccc(CCCC(C(=O)N[C@H](C(=O)NCC2CCCO2)C(C)(C)C)[C@H](C)N(O)C=O)cc1. The molecule has 1 aromatic carbocycles. The van der Waals surface area contributed by atoms with Gasteiger partial charge in [-0.3, -0.25) is 19.6 Å². The molecule has 4 atom stereocenters. The number of hydroxylamine groups is 2. The topological polar surface area (TPSA) is 117 Å². The van der Waals surface area contributed by atoms with Crippen molar-refractivity contribution in [3.63, 3.8) is 0 Å². The summed E-state index contributed by atoms with van der Waals surface area (Å²) in [6.45, 7) is 8.37. The number of nitrogens with one attached hydrogen (secondary N) is 2. The Balaban J connectivity index is 2.06. The Morgan fingerprint density at radius 1 is 1.26 bits per heavy atom. The van der Waals surface area contributed by atoms with Crippen LogP contribution in [0, 0.1) is 11.3 Å². The van der Waals surface area contributed by atoms with Gasteiger partial charge >= 0.3 is 0 Å². The van der Waals surface area contributed by atoms with Gasteiger partial charge in [-0.05, 0) is 62.1 Å². The van der Waals surface area contributed by atoms with E-state index < -0.39 is 23.4 Å². The maximum absolute atomic E-state index is 13.4. The normalized spacial score (nSPS) is 18.3. The van der Waals surface area contributed by atoms with Crippen LogP contribution < -0.4 is 15.4 Å². The number of nitrogens with zero attached hydrogens (tertiary/aromatic N) is 1. The lowest BCUT2D eigenvalue weighted by Crippen LogP contribution is -2.57. The minimum Gasteiger partial charge on any atom is -0.497 e. The number of carbonyl (C=O) groups excluding carboxylic acids is 3. The molecule has 35 heavy (non-hydrogen) atoms. The van der Waals surface area contributed by atoms with Gasteiger partial charge in [0, 0.05) is 13.2 Å². The highest BCUT2D eigenvalue weighted by molar-refractivity contribution is 5.89. The molecule has 1 aromatic rings. The second kappa shape index (κ2) is 13.4. The van der Waals surface area contributed by atoms with E-state index in [9.17, 15) is 19.6 Å². The first-order valence-corrected chi connectivity index (χ1v) is 12.3. The van der Waals surface area contributed by atoms with Crippen LogP contribution in [0.1, 0.15) is 58.9 Å². The van der Waals surface area contributed by atoms with E-state index in [-0.39, 0.29) is 17.9 Å². The van der Waals surface area contributed by atoms with E-state index >= 15 is 0 Å². The van der Waals surface area contributed by atoms with Crippen molar-refractivity contribution in [1.82, 2.24) is 15.7 Å². The predicted molar refractivity (Wildman–Crippen MR) is 132 cm³/mol. The highest BCUT2D eigenvalue weighted by Crippen LogP contribution is 2.23. The largest absolute Gasteiger partial charge is 0.497 e. The molecule has 0 bridgehead atoms. The van der Waals surface area contributed by atoms with Crippen molar-refractivity contribution in [2.75, 3.05) is 20.3 Å². The summed E-state index contributed by atoms with van der Waals surface area (Å²) >= 11 is 0. The van der Waals surface area contributed by atoms with Gasteiger partial charge in [-0.25, -0.2) is 5.06 Å². The van der Waals surface area contributed by atoms with Gasteiger partial charge in [0.25, 0.3) is 0 Å². The molecule has 0 aromatic heterocycles. The van der Waals surface area contributed by atoms with Crippen molar-refractivity contribution < 1.29 is 29.1 Å². The van der Waals surface area contributed by atoms with Crippen LogP contribution in [0.5, 0.6) is 5.75 Å². The Kier molecular flexibility index (Phi) is 11.0. The van der Waals surface area contributed by atoms with Crippen LogP contribution in [0.4, 0.5) is 0 Å². The van der Waals surface area contributed by atoms with Crippen molar-refractivity contribution >= 4 is 18.2 Å². The molecule has 1 heterocycles. The third-order valence-electron chi connectivity index (χ3n) is 6.53. The van der Waals surface area contributed by atoms with Crippen LogP contribution in [-0.4, -0.2) is 66.9 Å². The first-order valence-electron chi connectivity index (χ1n) is 12.3. The Morgan fingerprint density at radius 2 is 1.94 bits per heavy atom. The molecular weight excluding hydrogens is 450 g/mol. The number of ether oxygens (including phenoxy) is 2. The molecule has 0 aliphatic carbocycles. The van der Waals surface area contributed by atoms with Gasteiger partial charge in [0.1, 0.15) is 11.8 Å². The lowest BCUT2D eigenvalue weighted by atomic mass is 9.84. The van der Waals surface area contributed by atoms with Crippen molar-refractivity contribution in [2.45, 2.75) is 78.0 Å². The van der Waals surface area contributed by atoms with Crippen LogP contribution in [0.15, 0.2) is 24.3 Å². The summed E-state index contributed by atoms with van der Waals surface area (Å²) in [5, 5.41) is 16.3. The third-order valence-corrected chi connectivity index (χ3v) is 6.53. The number of aryl methyl sites for hydroxylation is 1. The molecule has 0 spiro atoms. The van der Waals surface area contributed by atoms with Gasteiger partial charge in [0.05, 0.1) is 25.2 Å². The lowest BCUT2D eigenvalue weighted by Gasteiger charge is -2.34.